The molecule has 1 amide bonds. The Balaban J connectivity index is 1.78. The van der Waals surface area contributed by atoms with Crippen molar-refractivity contribution in [1.82, 2.24) is 14.6 Å². The van der Waals surface area contributed by atoms with Crippen LogP contribution in [0.15, 0.2) is 18.5 Å². The minimum absolute atomic E-state index is 0.0855. The van der Waals surface area contributed by atoms with Crippen molar-refractivity contribution in [2.75, 3.05) is 18.5 Å². The molecular weight excluding hydrogens is 420 g/mol. The summed E-state index contributed by atoms with van der Waals surface area (Å²) in [6, 6.07) is 3.36. The highest BCUT2D eigenvalue weighted by Gasteiger charge is 2.53. The van der Waals surface area contributed by atoms with Crippen LogP contribution in [0, 0.1) is 0 Å². The number of amides is 1. The van der Waals surface area contributed by atoms with Crippen LogP contribution in [0.5, 0.6) is 0 Å². The number of ether oxygens (including phenoxy) is 3. The maximum Gasteiger partial charge on any atom is 0.412 e. The molecule has 0 bridgehead atoms. The monoisotopic (exact) mass is 452 g/mol. The second-order valence-corrected chi connectivity index (χ2v) is 7.99. The standard InChI is InChI=1S/C21H32N4O7/c1-4-6-7-10-30-20(29)24-19-13-8-9-15(25(13)23-12-22-19)21(3)18(28)17(27)14(32-21)11-31-16(26)5-2/h8-9,12,14,16-18,26-28H,4-7,10-11H2,1-3H3,(H,22,23,24,29)/t14-,16?,17-,18-,21+/m1/s1. The average molecular weight is 453 g/mol. The van der Waals surface area contributed by atoms with Crippen LogP contribution in [0.1, 0.15) is 52.1 Å². The van der Waals surface area contributed by atoms with Crippen molar-refractivity contribution in [3.63, 3.8) is 0 Å². The summed E-state index contributed by atoms with van der Waals surface area (Å²) in [6.45, 7) is 5.69. The number of hydrogen-bond donors (Lipinski definition) is 4. The van der Waals surface area contributed by atoms with E-state index in [0.717, 1.165) is 19.3 Å². The minimum atomic E-state index is -1.32. The topological polar surface area (TPSA) is 148 Å². The van der Waals surface area contributed by atoms with Crippen molar-refractivity contribution >= 4 is 17.4 Å². The number of aliphatic hydroxyl groups is 3. The molecule has 1 fully saturated rings. The lowest BCUT2D eigenvalue weighted by molar-refractivity contribution is -0.151. The number of aromatic nitrogens is 3. The maximum atomic E-state index is 12.1. The maximum absolute atomic E-state index is 12.1. The molecule has 1 unspecified atom stereocenters. The van der Waals surface area contributed by atoms with Gasteiger partial charge in [-0.25, -0.2) is 14.3 Å². The van der Waals surface area contributed by atoms with Gasteiger partial charge in [-0.15, -0.1) is 0 Å². The quantitative estimate of drug-likeness (QED) is 0.311. The fourth-order valence-electron chi connectivity index (χ4n) is 3.71. The molecule has 3 heterocycles. The van der Waals surface area contributed by atoms with E-state index in [0.29, 0.717) is 24.2 Å². The third-order valence-electron chi connectivity index (χ3n) is 5.63. The van der Waals surface area contributed by atoms with Gasteiger partial charge >= 0.3 is 6.09 Å². The fraction of sp³-hybridized carbons (Fsp3) is 0.667. The van der Waals surface area contributed by atoms with Crippen molar-refractivity contribution < 1.29 is 34.3 Å². The number of fused-ring (bicyclic) bond motifs is 1. The summed E-state index contributed by atoms with van der Waals surface area (Å²) in [7, 11) is 0. The number of aliphatic hydroxyl groups excluding tert-OH is 3. The molecular formula is C21H32N4O7. The van der Waals surface area contributed by atoms with Gasteiger partial charge in [0.1, 0.15) is 35.8 Å². The molecule has 2 aromatic heterocycles. The van der Waals surface area contributed by atoms with E-state index in [1.54, 1.807) is 26.0 Å². The lowest BCUT2D eigenvalue weighted by atomic mass is 9.93. The van der Waals surface area contributed by atoms with E-state index in [1.807, 2.05) is 0 Å². The largest absolute Gasteiger partial charge is 0.449 e. The van der Waals surface area contributed by atoms with Gasteiger partial charge in [-0.2, -0.15) is 5.10 Å². The van der Waals surface area contributed by atoms with E-state index >= 15 is 0 Å². The summed E-state index contributed by atoms with van der Waals surface area (Å²) in [5.41, 5.74) is -0.386. The van der Waals surface area contributed by atoms with Crippen LogP contribution >= 0.6 is 0 Å². The molecule has 0 aliphatic carbocycles. The van der Waals surface area contributed by atoms with E-state index in [2.05, 4.69) is 22.3 Å². The van der Waals surface area contributed by atoms with Crippen LogP contribution in [-0.2, 0) is 19.8 Å². The molecule has 178 valence electrons. The summed E-state index contributed by atoms with van der Waals surface area (Å²) in [5.74, 6) is 0.245. The number of rotatable bonds is 10. The molecule has 1 aliphatic heterocycles. The molecule has 0 aromatic carbocycles. The van der Waals surface area contributed by atoms with E-state index in [9.17, 15) is 20.1 Å². The molecule has 5 atom stereocenters. The van der Waals surface area contributed by atoms with Crippen molar-refractivity contribution in [1.29, 1.82) is 0 Å². The molecule has 11 heteroatoms. The van der Waals surface area contributed by atoms with E-state index < -0.39 is 36.3 Å². The number of hydrogen-bond acceptors (Lipinski definition) is 9. The van der Waals surface area contributed by atoms with Gasteiger partial charge in [0, 0.05) is 0 Å². The van der Waals surface area contributed by atoms with Gasteiger partial charge in [0.2, 0.25) is 0 Å². The Kier molecular flexibility index (Phi) is 8.01. The smallest absolute Gasteiger partial charge is 0.412 e. The van der Waals surface area contributed by atoms with E-state index in [4.69, 9.17) is 14.2 Å². The summed E-state index contributed by atoms with van der Waals surface area (Å²) in [4.78, 5) is 16.2. The normalized spacial score (nSPS) is 26.4. The lowest BCUT2D eigenvalue weighted by Crippen LogP contribution is -2.39. The second-order valence-electron chi connectivity index (χ2n) is 7.99. The van der Waals surface area contributed by atoms with Crippen molar-refractivity contribution in [2.24, 2.45) is 0 Å². The average Bonchev–Trinajstić information content (AvgIpc) is 3.32. The molecule has 0 spiro atoms. The zero-order chi connectivity index (χ0) is 23.3. The van der Waals surface area contributed by atoms with Crippen molar-refractivity contribution in [3.8, 4) is 0 Å². The molecule has 0 radical (unpaired) electrons. The van der Waals surface area contributed by atoms with Crippen molar-refractivity contribution in [2.45, 2.75) is 76.7 Å². The molecule has 4 N–H and O–H groups in total. The second kappa shape index (κ2) is 10.5. The first-order valence-electron chi connectivity index (χ1n) is 10.9. The SMILES string of the molecule is CCCCCOC(=O)Nc1ncnn2c([C@]3(C)O[C@H](COC(O)CC)[C@@H](O)[C@H]3O)ccc12. The summed E-state index contributed by atoms with van der Waals surface area (Å²) in [5, 5.41) is 37.7. The first-order valence-corrected chi connectivity index (χ1v) is 10.9. The van der Waals surface area contributed by atoms with Crippen LogP contribution in [-0.4, -0.2) is 73.8 Å². The molecule has 11 nitrogen and oxygen atoms in total. The predicted octanol–water partition coefficient (Wildman–Crippen LogP) is 1.55. The first kappa shape index (κ1) is 24.3. The van der Waals surface area contributed by atoms with Gasteiger partial charge in [0.15, 0.2) is 12.1 Å². The summed E-state index contributed by atoms with van der Waals surface area (Å²) >= 11 is 0. The Morgan fingerprint density at radius 2 is 2.12 bits per heavy atom. The van der Waals surface area contributed by atoms with Crippen LogP contribution in [0.3, 0.4) is 0 Å². The lowest BCUT2D eigenvalue weighted by Gasteiger charge is -2.27. The number of nitrogens with zero attached hydrogens (tertiary/aromatic N) is 3. The number of nitrogens with one attached hydrogen (secondary N) is 1. The van der Waals surface area contributed by atoms with Crippen LogP contribution in [0.4, 0.5) is 10.6 Å². The molecule has 3 rings (SSSR count). The predicted molar refractivity (Wildman–Crippen MR) is 114 cm³/mol. The Bertz CT molecular complexity index is 907. The first-order chi connectivity index (χ1) is 15.3. The van der Waals surface area contributed by atoms with Gasteiger partial charge < -0.3 is 29.5 Å². The molecule has 0 saturated carbocycles. The van der Waals surface area contributed by atoms with E-state index in [1.165, 1.54) is 10.8 Å². The van der Waals surface area contributed by atoms with Crippen molar-refractivity contribution in [3.05, 3.63) is 24.2 Å². The Labute approximate surface area is 186 Å². The van der Waals surface area contributed by atoms with Crippen LogP contribution < -0.4 is 5.32 Å². The van der Waals surface area contributed by atoms with Crippen LogP contribution in [0.2, 0.25) is 0 Å². The van der Waals surface area contributed by atoms with Gasteiger partial charge in [-0.3, -0.25) is 5.32 Å². The molecule has 1 aliphatic rings. The highest BCUT2D eigenvalue weighted by Crippen LogP contribution is 2.40. The van der Waals surface area contributed by atoms with Gasteiger partial charge in [-0.1, -0.05) is 26.7 Å². The Morgan fingerprint density at radius 3 is 2.84 bits per heavy atom. The number of unbranched alkanes of at least 4 members (excludes halogenated alkanes) is 2. The fourth-order valence-corrected chi connectivity index (χ4v) is 3.71. The highest BCUT2D eigenvalue weighted by atomic mass is 16.6. The zero-order valence-electron chi connectivity index (χ0n) is 18.6. The Morgan fingerprint density at radius 1 is 1.34 bits per heavy atom. The van der Waals surface area contributed by atoms with Gasteiger partial charge in [0.05, 0.1) is 18.9 Å². The van der Waals surface area contributed by atoms with Gasteiger partial charge in [0.25, 0.3) is 0 Å². The summed E-state index contributed by atoms with van der Waals surface area (Å²) < 4.78 is 17.9. The zero-order valence-corrected chi connectivity index (χ0v) is 18.6. The molecule has 2 aromatic rings. The third kappa shape index (κ3) is 5.02. The minimum Gasteiger partial charge on any atom is -0.449 e. The van der Waals surface area contributed by atoms with Gasteiger partial charge in [-0.05, 0) is 31.9 Å². The summed E-state index contributed by atoms with van der Waals surface area (Å²) in [6.07, 6.45) is -0.505. The Hall–Kier alpha value is -2.31. The van der Waals surface area contributed by atoms with E-state index in [-0.39, 0.29) is 12.4 Å². The van der Waals surface area contributed by atoms with Crippen LogP contribution in [0.25, 0.3) is 5.52 Å². The third-order valence-corrected chi connectivity index (χ3v) is 5.63. The number of carbonyl (C=O) groups is 1. The molecule has 32 heavy (non-hydrogen) atoms. The highest BCUT2D eigenvalue weighted by molar-refractivity contribution is 5.88. The molecule has 1 saturated heterocycles. The number of carbonyl (C=O) groups excluding carboxylic acids is 1. The number of anilines is 1.